The van der Waals surface area contributed by atoms with Gasteiger partial charge in [-0.1, -0.05) is 12.1 Å². The van der Waals surface area contributed by atoms with E-state index in [4.69, 9.17) is 5.73 Å². The highest BCUT2D eigenvalue weighted by Gasteiger charge is 2.27. The number of nitrogens with zero attached hydrogens (tertiary/aromatic N) is 1. The van der Waals surface area contributed by atoms with Gasteiger partial charge in [0.25, 0.3) is 0 Å². The predicted molar refractivity (Wildman–Crippen MR) is 89.4 cm³/mol. The molecule has 0 spiro atoms. The van der Waals surface area contributed by atoms with Crippen LogP contribution in [0, 0.1) is 11.8 Å². The lowest BCUT2D eigenvalue weighted by atomic mass is 9.96. The van der Waals surface area contributed by atoms with E-state index in [1.54, 1.807) is 0 Å². The van der Waals surface area contributed by atoms with Gasteiger partial charge in [-0.25, -0.2) is 0 Å². The Bertz CT molecular complexity index is 519. The third kappa shape index (κ3) is 4.01. The third-order valence-corrected chi connectivity index (χ3v) is 5.05. The van der Waals surface area contributed by atoms with Crippen LogP contribution in [-0.4, -0.2) is 29.9 Å². The number of amides is 1. The minimum absolute atomic E-state index is 0.0728. The van der Waals surface area contributed by atoms with Gasteiger partial charge >= 0.3 is 0 Å². The summed E-state index contributed by atoms with van der Waals surface area (Å²) >= 11 is 0. The fourth-order valence-electron chi connectivity index (χ4n) is 3.37. The summed E-state index contributed by atoms with van der Waals surface area (Å²) in [4.78, 5) is 13.6. The zero-order valence-corrected chi connectivity index (χ0v) is 13.4. The summed E-state index contributed by atoms with van der Waals surface area (Å²) in [5.74, 6) is 0.792. The van der Waals surface area contributed by atoms with Gasteiger partial charge < -0.3 is 11.1 Å². The summed E-state index contributed by atoms with van der Waals surface area (Å²) in [7, 11) is 0. The molecule has 1 atom stereocenters. The molecular formula is C18H27N3O. The quantitative estimate of drug-likeness (QED) is 0.849. The first kappa shape index (κ1) is 15.3. The van der Waals surface area contributed by atoms with Crippen LogP contribution in [0.25, 0.3) is 0 Å². The minimum Gasteiger partial charge on any atom is -0.382 e. The standard InChI is InChI=1S/C18H27N3O/c1-13(15-5-6-15)20-17-4-2-3-14(11-17)12-21-9-7-16(8-10-21)18(19)22/h2-4,11,13,15-16,20H,5-10,12H2,1H3,(H2,19,22)/t13-/m1/s1. The van der Waals surface area contributed by atoms with Gasteiger partial charge in [-0.05, 0) is 69.3 Å². The number of carbonyl (C=O) groups is 1. The van der Waals surface area contributed by atoms with Gasteiger partial charge in [0.2, 0.25) is 5.91 Å². The molecule has 0 bridgehead atoms. The van der Waals surface area contributed by atoms with Crippen LogP contribution in [0.15, 0.2) is 24.3 Å². The number of nitrogens with two attached hydrogens (primary N) is 1. The molecule has 1 aromatic carbocycles. The molecule has 1 aliphatic heterocycles. The van der Waals surface area contributed by atoms with E-state index in [1.165, 1.54) is 24.1 Å². The van der Waals surface area contributed by atoms with Crippen molar-refractivity contribution < 1.29 is 4.79 Å². The van der Waals surface area contributed by atoms with Gasteiger partial charge in [0.05, 0.1) is 0 Å². The van der Waals surface area contributed by atoms with Crippen LogP contribution < -0.4 is 11.1 Å². The maximum atomic E-state index is 11.2. The topological polar surface area (TPSA) is 58.4 Å². The molecule has 3 rings (SSSR count). The second-order valence-corrected chi connectivity index (χ2v) is 6.92. The Hall–Kier alpha value is -1.55. The van der Waals surface area contributed by atoms with Crippen molar-refractivity contribution in [3.63, 3.8) is 0 Å². The van der Waals surface area contributed by atoms with Crippen molar-refractivity contribution in [2.24, 2.45) is 17.6 Å². The molecule has 3 N–H and O–H groups in total. The molecule has 2 fully saturated rings. The summed E-state index contributed by atoms with van der Waals surface area (Å²) in [6.07, 6.45) is 4.52. The highest BCUT2D eigenvalue weighted by atomic mass is 16.1. The number of likely N-dealkylation sites (tertiary alicyclic amines) is 1. The number of nitrogens with one attached hydrogen (secondary N) is 1. The fraction of sp³-hybridized carbons (Fsp3) is 0.611. The van der Waals surface area contributed by atoms with E-state index in [1.807, 2.05) is 0 Å². The average molecular weight is 301 g/mol. The molecule has 1 aliphatic carbocycles. The molecule has 22 heavy (non-hydrogen) atoms. The van der Waals surface area contributed by atoms with E-state index >= 15 is 0 Å². The van der Waals surface area contributed by atoms with Gasteiger partial charge in [0, 0.05) is 24.2 Å². The fourth-order valence-corrected chi connectivity index (χ4v) is 3.37. The van der Waals surface area contributed by atoms with Crippen molar-refractivity contribution in [1.82, 2.24) is 4.90 Å². The normalized spacial score (nSPS) is 21.5. The summed E-state index contributed by atoms with van der Waals surface area (Å²) in [5.41, 5.74) is 7.96. The molecule has 1 heterocycles. The SMILES string of the molecule is C[C@@H](Nc1cccc(CN2CCC(C(N)=O)CC2)c1)C1CC1. The summed E-state index contributed by atoms with van der Waals surface area (Å²) < 4.78 is 0. The van der Waals surface area contributed by atoms with Crippen LogP contribution in [0.4, 0.5) is 5.69 Å². The average Bonchev–Trinajstić information content (AvgIpc) is 3.33. The van der Waals surface area contributed by atoms with Crippen molar-refractivity contribution in [3.05, 3.63) is 29.8 Å². The Morgan fingerprint density at radius 3 is 2.68 bits per heavy atom. The molecule has 1 aromatic rings. The molecule has 1 saturated carbocycles. The zero-order valence-electron chi connectivity index (χ0n) is 13.4. The van der Waals surface area contributed by atoms with Crippen molar-refractivity contribution in [1.29, 1.82) is 0 Å². The largest absolute Gasteiger partial charge is 0.382 e. The summed E-state index contributed by atoms with van der Waals surface area (Å²) in [6.45, 7) is 5.16. The molecule has 2 aliphatic rings. The molecule has 4 heteroatoms. The Morgan fingerprint density at radius 2 is 2.05 bits per heavy atom. The third-order valence-electron chi connectivity index (χ3n) is 5.05. The highest BCUT2D eigenvalue weighted by Crippen LogP contribution is 2.34. The maximum Gasteiger partial charge on any atom is 0.220 e. The number of hydrogen-bond acceptors (Lipinski definition) is 3. The molecule has 0 aromatic heterocycles. The lowest BCUT2D eigenvalue weighted by Gasteiger charge is -2.30. The Balaban J connectivity index is 1.53. The Kier molecular flexibility index (Phi) is 4.67. The van der Waals surface area contributed by atoms with Crippen LogP contribution in [0.3, 0.4) is 0 Å². The lowest BCUT2D eigenvalue weighted by molar-refractivity contribution is -0.123. The smallest absolute Gasteiger partial charge is 0.220 e. The van der Waals surface area contributed by atoms with E-state index in [0.717, 1.165) is 38.4 Å². The Morgan fingerprint density at radius 1 is 1.32 bits per heavy atom. The van der Waals surface area contributed by atoms with Crippen molar-refractivity contribution in [2.45, 2.75) is 45.2 Å². The summed E-state index contributed by atoms with van der Waals surface area (Å²) in [6, 6.07) is 9.31. The summed E-state index contributed by atoms with van der Waals surface area (Å²) in [5, 5.41) is 3.62. The molecular weight excluding hydrogens is 274 g/mol. The number of primary amides is 1. The lowest BCUT2D eigenvalue weighted by Crippen LogP contribution is -2.38. The monoisotopic (exact) mass is 301 g/mol. The van der Waals surface area contributed by atoms with E-state index in [0.29, 0.717) is 6.04 Å². The number of hydrogen-bond donors (Lipinski definition) is 2. The van der Waals surface area contributed by atoms with E-state index in [-0.39, 0.29) is 11.8 Å². The molecule has 0 radical (unpaired) electrons. The van der Waals surface area contributed by atoms with Crippen LogP contribution in [0.1, 0.15) is 38.2 Å². The van der Waals surface area contributed by atoms with Crippen LogP contribution in [-0.2, 0) is 11.3 Å². The zero-order chi connectivity index (χ0) is 15.5. The highest BCUT2D eigenvalue weighted by molar-refractivity contribution is 5.76. The number of carbonyl (C=O) groups excluding carboxylic acids is 1. The number of piperidine rings is 1. The first-order valence-electron chi connectivity index (χ1n) is 8.49. The molecule has 1 saturated heterocycles. The van der Waals surface area contributed by atoms with Crippen LogP contribution in [0.5, 0.6) is 0 Å². The second-order valence-electron chi connectivity index (χ2n) is 6.92. The number of benzene rings is 1. The van der Waals surface area contributed by atoms with Gasteiger partial charge in [0.1, 0.15) is 0 Å². The molecule has 0 unspecified atom stereocenters. The van der Waals surface area contributed by atoms with Crippen LogP contribution in [0.2, 0.25) is 0 Å². The van der Waals surface area contributed by atoms with Crippen LogP contribution >= 0.6 is 0 Å². The van der Waals surface area contributed by atoms with E-state index in [9.17, 15) is 4.79 Å². The van der Waals surface area contributed by atoms with E-state index in [2.05, 4.69) is 41.4 Å². The van der Waals surface area contributed by atoms with Gasteiger partial charge in [-0.2, -0.15) is 0 Å². The van der Waals surface area contributed by atoms with Crippen molar-refractivity contribution in [3.8, 4) is 0 Å². The minimum atomic E-state index is -0.139. The number of anilines is 1. The molecule has 120 valence electrons. The first-order chi connectivity index (χ1) is 10.6. The van der Waals surface area contributed by atoms with Gasteiger partial charge in [-0.3, -0.25) is 9.69 Å². The predicted octanol–water partition coefficient (Wildman–Crippen LogP) is 2.59. The van der Waals surface area contributed by atoms with Crippen molar-refractivity contribution >= 4 is 11.6 Å². The molecule has 4 nitrogen and oxygen atoms in total. The molecule has 1 amide bonds. The van der Waals surface area contributed by atoms with Gasteiger partial charge in [0.15, 0.2) is 0 Å². The number of rotatable bonds is 6. The van der Waals surface area contributed by atoms with E-state index < -0.39 is 0 Å². The Labute approximate surface area is 133 Å². The van der Waals surface area contributed by atoms with Crippen molar-refractivity contribution in [2.75, 3.05) is 18.4 Å². The first-order valence-corrected chi connectivity index (χ1v) is 8.49. The maximum absolute atomic E-state index is 11.2. The second kappa shape index (κ2) is 6.69. The van der Waals surface area contributed by atoms with Gasteiger partial charge in [-0.15, -0.1) is 0 Å².